The molecule has 1 saturated heterocycles. The van der Waals surface area contributed by atoms with Crippen molar-refractivity contribution in [3.8, 4) is 0 Å². The van der Waals surface area contributed by atoms with E-state index in [2.05, 4.69) is 9.97 Å². The first-order valence-corrected chi connectivity index (χ1v) is 10.5. The smallest absolute Gasteiger partial charge is 0.243 e. The number of hydrogen-bond donors (Lipinski definition) is 0. The van der Waals surface area contributed by atoms with Gasteiger partial charge < -0.3 is 9.80 Å². The van der Waals surface area contributed by atoms with Gasteiger partial charge in [-0.2, -0.15) is 0 Å². The zero-order valence-corrected chi connectivity index (χ0v) is 16.3. The molecule has 9 heteroatoms. The lowest BCUT2D eigenvalue weighted by atomic mass is 10.2. The summed E-state index contributed by atoms with van der Waals surface area (Å²) < 4.78 is 25.7. The van der Waals surface area contributed by atoms with Gasteiger partial charge in [-0.25, -0.2) is 18.4 Å². The summed E-state index contributed by atoms with van der Waals surface area (Å²) in [5, 5.41) is 0. The number of aryl methyl sites for hydroxylation is 1. The van der Waals surface area contributed by atoms with Crippen molar-refractivity contribution in [2.45, 2.75) is 6.92 Å². The number of rotatable bonds is 5. The Hall–Kier alpha value is -2.68. The van der Waals surface area contributed by atoms with Crippen LogP contribution in [0, 0.1) is 6.92 Å². The van der Waals surface area contributed by atoms with E-state index in [4.69, 9.17) is 0 Å². The largest absolute Gasteiger partial charge is 0.338 e. The van der Waals surface area contributed by atoms with Crippen molar-refractivity contribution in [2.24, 2.45) is 0 Å². The second-order valence-electron chi connectivity index (χ2n) is 6.47. The molecular weight excluding hydrogens is 366 g/mol. The Morgan fingerprint density at radius 1 is 1.07 bits per heavy atom. The van der Waals surface area contributed by atoms with Gasteiger partial charge in [0, 0.05) is 38.6 Å². The minimum Gasteiger partial charge on any atom is -0.338 e. The topological polar surface area (TPSA) is 86.7 Å². The van der Waals surface area contributed by atoms with Gasteiger partial charge >= 0.3 is 0 Å². The van der Waals surface area contributed by atoms with E-state index in [1.165, 1.54) is 4.31 Å². The summed E-state index contributed by atoms with van der Waals surface area (Å²) in [6.07, 6.45) is 4.50. The van der Waals surface area contributed by atoms with E-state index in [9.17, 15) is 13.2 Å². The summed E-state index contributed by atoms with van der Waals surface area (Å²) in [5.41, 5.74) is 1.34. The van der Waals surface area contributed by atoms with Crippen LogP contribution in [0.1, 0.15) is 5.56 Å². The molecule has 27 heavy (non-hydrogen) atoms. The maximum absolute atomic E-state index is 12.8. The number of nitrogens with zero attached hydrogens (tertiary/aromatic N) is 5. The maximum Gasteiger partial charge on any atom is 0.243 e. The van der Waals surface area contributed by atoms with Crippen molar-refractivity contribution in [2.75, 3.05) is 48.2 Å². The van der Waals surface area contributed by atoms with E-state index in [-0.39, 0.29) is 12.5 Å². The van der Waals surface area contributed by atoms with Crippen LogP contribution in [0.3, 0.4) is 0 Å². The van der Waals surface area contributed by atoms with Crippen LogP contribution in [0.2, 0.25) is 0 Å². The average molecular weight is 389 g/mol. The van der Waals surface area contributed by atoms with Crippen LogP contribution in [0.5, 0.6) is 0 Å². The lowest BCUT2D eigenvalue weighted by molar-refractivity contribution is -0.129. The van der Waals surface area contributed by atoms with Crippen LogP contribution in [0.15, 0.2) is 42.7 Å². The van der Waals surface area contributed by atoms with Gasteiger partial charge in [0.15, 0.2) is 0 Å². The normalized spacial score (nSPS) is 14.9. The van der Waals surface area contributed by atoms with Crippen molar-refractivity contribution in [3.05, 3.63) is 48.3 Å². The minimum absolute atomic E-state index is 0.203. The first-order valence-electron chi connectivity index (χ1n) is 8.69. The summed E-state index contributed by atoms with van der Waals surface area (Å²) in [4.78, 5) is 24.9. The van der Waals surface area contributed by atoms with Gasteiger partial charge in [0.1, 0.15) is 6.54 Å². The Bertz CT molecular complexity index is 896. The number of carbonyl (C=O) groups excluding carboxylic acids is 1. The van der Waals surface area contributed by atoms with Crippen molar-refractivity contribution >= 4 is 27.6 Å². The Balaban J connectivity index is 1.68. The molecule has 1 aliphatic heterocycles. The molecule has 2 heterocycles. The van der Waals surface area contributed by atoms with Crippen molar-refractivity contribution in [3.63, 3.8) is 0 Å². The molecule has 0 atom stereocenters. The third kappa shape index (κ3) is 4.54. The Labute approximate surface area is 159 Å². The SMILES string of the molecule is Cc1ccccc1N(CC(=O)N1CCN(c2ncccn2)CC1)S(C)(=O)=O. The summed E-state index contributed by atoms with van der Waals surface area (Å²) in [6.45, 7) is 3.85. The lowest BCUT2D eigenvalue weighted by Gasteiger charge is -2.35. The van der Waals surface area contributed by atoms with Crippen LogP contribution in [-0.4, -0.2) is 68.2 Å². The van der Waals surface area contributed by atoms with E-state index in [0.717, 1.165) is 11.8 Å². The lowest BCUT2D eigenvalue weighted by Crippen LogP contribution is -2.52. The fourth-order valence-corrected chi connectivity index (χ4v) is 3.96. The average Bonchev–Trinajstić information content (AvgIpc) is 2.66. The van der Waals surface area contributed by atoms with Crippen LogP contribution in [0.25, 0.3) is 0 Å². The molecule has 0 spiro atoms. The molecule has 0 aliphatic carbocycles. The summed E-state index contributed by atoms with van der Waals surface area (Å²) >= 11 is 0. The van der Waals surface area contributed by atoms with Crippen molar-refractivity contribution < 1.29 is 13.2 Å². The number of amides is 1. The Morgan fingerprint density at radius 3 is 2.30 bits per heavy atom. The molecule has 8 nitrogen and oxygen atoms in total. The molecule has 1 aliphatic rings. The molecule has 0 bridgehead atoms. The molecule has 144 valence electrons. The Morgan fingerprint density at radius 2 is 1.70 bits per heavy atom. The third-order valence-corrected chi connectivity index (χ3v) is 5.66. The van der Waals surface area contributed by atoms with Crippen LogP contribution in [0.4, 0.5) is 11.6 Å². The predicted octanol–water partition coefficient (Wildman–Crippen LogP) is 0.900. The van der Waals surface area contributed by atoms with E-state index in [1.807, 2.05) is 24.0 Å². The monoisotopic (exact) mass is 389 g/mol. The Kier molecular flexibility index (Phi) is 5.59. The van der Waals surface area contributed by atoms with Gasteiger partial charge in [0.05, 0.1) is 11.9 Å². The third-order valence-electron chi connectivity index (χ3n) is 4.53. The molecule has 0 radical (unpaired) electrons. The second kappa shape index (κ2) is 7.91. The van der Waals surface area contributed by atoms with Crippen LogP contribution in [-0.2, 0) is 14.8 Å². The van der Waals surface area contributed by atoms with E-state index in [1.54, 1.807) is 35.5 Å². The molecule has 3 rings (SSSR count). The fourth-order valence-electron chi connectivity index (χ4n) is 3.06. The quantitative estimate of drug-likeness (QED) is 0.755. The zero-order valence-electron chi connectivity index (χ0n) is 15.4. The molecule has 1 aromatic heterocycles. The standard InChI is InChI=1S/C18H23N5O3S/c1-15-6-3-4-7-16(15)23(27(2,25)26)14-17(24)21-10-12-22(13-11-21)18-19-8-5-9-20-18/h3-9H,10-14H2,1-2H3. The highest BCUT2D eigenvalue weighted by molar-refractivity contribution is 7.92. The summed E-state index contributed by atoms with van der Waals surface area (Å²) in [6, 6.07) is 8.91. The number of benzene rings is 1. The summed E-state index contributed by atoms with van der Waals surface area (Å²) in [5.74, 6) is 0.430. The molecule has 1 amide bonds. The molecule has 0 unspecified atom stereocenters. The van der Waals surface area contributed by atoms with Crippen LogP contribution < -0.4 is 9.21 Å². The zero-order chi connectivity index (χ0) is 19.4. The highest BCUT2D eigenvalue weighted by Crippen LogP contribution is 2.22. The fraction of sp³-hybridized carbons (Fsp3) is 0.389. The molecule has 0 saturated carbocycles. The number of anilines is 2. The maximum atomic E-state index is 12.8. The van der Waals surface area contributed by atoms with Gasteiger partial charge in [-0.3, -0.25) is 9.10 Å². The number of piperazine rings is 1. The van der Waals surface area contributed by atoms with Crippen molar-refractivity contribution in [1.82, 2.24) is 14.9 Å². The highest BCUT2D eigenvalue weighted by atomic mass is 32.2. The highest BCUT2D eigenvalue weighted by Gasteiger charge is 2.27. The first kappa shape index (κ1) is 19.1. The number of aromatic nitrogens is 2. The molecule has 0 N–H and O–H groups in total. The number of para-hydroxylation sites is 1. The van der Waals surface area contributed by atoms with E-state index < -0.39 is 10.0 Å². The molecule has 1 fully saturated rings. The number of carbonyl (C=O) groups is 1. The van der Waals surface area contributed by atoms with E-state index >= 15 is 0 Å². The van der Waals surface area contributed by atoms with E-state index in [0.29, 0.717) is 37.8 Å². The second-order valence-corrected chi connectivity index (χ2v) is 8.38. The van der Waals surface area contributed by atoms with Gasteiger partial charge in [-0.1, -0.05) is 18.2 Å². The summed E-state index contributed by atoms with van der Waals surface area (Å²) in [7, 11) is -3.57. The van der Waals surface area contributed by atoms with Gasteiger partial charge in [0.2, 0.25) is 21.9 Å². The van der Waals surface area contributed by atoms with Gasteiger partial charge in [0.25, 0.3) is 0 Å². The minimum atomic E-state index is -3.57. The van der Waals surface area contributed by atoms with Crippen LogP contribution >= 0.6 is 0 Å². The molecular formula is C18H23N5O3S. The van der Waals surface area contributed by atoms with Crippen molar-refractivity contribution in [1.29, 1.82) is 0 Å². The number of hydrogen-bond acceptors (Lipinski definition) is 6. The molecule has 1 aromatic carbocycles. The number of sulfonamides is 1. The van der Waals surface area contributed by atoms with Gasteiger partial charge in [-0.15, -0.1) is 0 Å². The first-order chi connectivity index (χ1) is 12.9. The predicted molar refractivity (Wildman–Crippen MR) is 104 cm³/mol. The molecule has 2 aromatic rings. The van der Waals surface area contributed by atoms with Gasteiger partial charge in [-0.05, 0) is 24.6 Å².